The molecule has 3 atom stereocenters. The molecular weight excluding hydrogens is 1020 g/mol. The van der Waals surface area contributed by atoms with E-state index in [1.165, 1.54) is 0 Å². The summed E-state index contributed by atoms with van der Waals surface area (Å²) in [5.41, 5.74) is 0. The summed E-state index contributed by atoms with van der Waals surface area (Å²) in [5, 5.41) is 9.82. The molecule has 0 aliphatic heterocycles. The summed E-state index contributed by atoms with van der Waals surface area (Å²) < 4.78 is 39.4. The molecule has 0 aliphatic rings. The van der Waals surface area contributed by atoms with E-state index in [0.717, 1.165) is 135 Å². The second kappa shape index (κ2) is 59.9. The van der Waals surface area contributed by atoms with Gasteiger partial charge in [0, 0.05) is 19.3 Å². The van der Waals surface area contributed by atoms with Gasteiger partial charge in [0.15, 0.2) is 6.10 Å². The molecule has 0 spiro atoms. The average Bonchev–Trinajstić information content (AvgIpc) is 3.45. The zero-order valence-electron chi connectivity index (χ0n) is 49.5. The van der Waals surface area contributed by atoms with Crippen molar-refractivity contribution in [3.05, 3.63) is 170 Å². The van der Waals surface area contributed by atoms with E-state index >= 15 is 0 Å². The molecule has 0 amide bonds. The summed E-state index contributed by atoms with van der Waals surface area (Å²) in [7, 11) is -4.80. The van der Waals surface area contributed by atoms with Crippen LogP contribution in [0.1, 0.15) is 201 Å². The molecule has 12 heteroatoms. The third kappa shape index (κ3) is 57.5. The molecule has 0 aromatic carbocycles. The van der Waals surface area contributed by atoms with Crippen molar-refractivity contribution in [2.75, 3.05) is 26.4 Å². The highest BCUT2D eigenvalue weighted by molar-refractivity contribution is 7.47. The summed E-state index contributed by atoms with van der Waals surface area (Å²) in [6.07, 6.45) is 80.4. The van der Waals surface area contributed by atoms with Crippen molar-refractivity contribution >= 4 is 25.7 Å². The molecule has 3 unspecified atom stereocenters. The van der Waals surface area contributed by atoms with Crippen LogP contribution in [0.15, 0.2) is 170 Å². The van der Waals surface area contributed by atoms with Gasteiger partial charge in [-0.2, -0.15) is 0 Å². The number of unbranched alkanes of at least 4 members (excludes halogenated alkanes) is 8. The lowest BCUT2D eigenvalue weighted by molar-refractivity contribution is -0.161. The smallest absolute Gasteiger partial charge is 0.462 e. The number of allylic oxidation sites excluding steroid dienone is 28. The van der Waals surface area contributed by atoms with Gasteiger partial charge < -0.3 is 24.2 Å². The van der Waals surface area contributed by atoms with Crippen LogP contribution in [-0.4, -0.2) is 66.5 Å². The topological polar surface area (TPSA) is 155 Å². The summed E-state index contributed by atoms with van der Waals surface area (Å²) in [6, 6.07) is 0. The predicted octanol–water partition coefficient (Wildman–Crippen LogP) is 18.2. The number of hydrogen-bond acceptors (Lipinski definition) is 10. The minimum atomic E-state index is -4.80. The van der Waals surface area contributed by atoms with Crippen molar-refractivity contribution in [1.29, 1.82) is 0 Å². The SMILES string of the molecule is CC/C=C\C/C=C\C/C=C\C/C=C\C/C=C\C/C=C\CCC(=O)OC(COC(=O)CCCCCCCC/C=C\C/C=C\C/C=C\C/C=C\CC)COP(=O)(O)OCC(CO)OC(=O)CCCC/C=C\C/C=C\C/C=C\C/C=C\CC. The summed E-state index contributed by atoms with van der Waals surface area (Å²) >= 11 is 0. The predicted molar refractivity (Wildman–Crippen MR) is 334 cm³/mol. The van der Waals surface area contributed by atoms with Crippen molar-refractivity contribution in [3.8, 4) is 0 Å². The number of aliphatic hydroxyl groups excluding tert-OH is 1. The molecular formula is C68H105O11P. The second-order valence-electron chi connectivity index (χ2n) is 19.0. The van der Waals surface area contributed by atoms with Crippen LogP contribution in [0.5, 0.6) is 0 Å². The Bertz CT molecular complexity index is 1990. The Morgan fingerprint density at radius 3 is 1.04 bits per heavy atom. The molecule has 0 aromatic rings. The third-order valence-electron chi connectivity index (χ3n) is 11.6. The largest absolute Gasteiger partial charge is 0.472 e. The van der Waals surface area contributed by atoms with E-state index in [-0.39, 0.29) is 25.9 Å². The number of carbonyl (C=O) groups excluding carboxylic acids is 3. The minimum absolute atomic E-state index is 0.0251. The maximum Gasteiger partial charge on any atom is 0.472 e. The number of esters is 3. The molecule has 2 N–H and O–H groups in total. The van der Waals surface area contributed by atoms with Crippen molar-refractivity contribution in [3.63, 3.8) is 0 Å². The van der Waals surface area contributed by atoms with Crippen LogP contribution in [0, 0.1) is 0 Å². The molecule has 0 radical (unpaired) electrons. The Morgan fingerprint density at radius 2 is 0.637 bits per heavy atom. The Kier molecular flexibility index (Phi) is 56.1. The average molecular weight is 1130 g/mol. The highest BCUT2D eigenvalue weighted by Crippen LogP contribution is 2.43. The van der Waals surface area contributed by atoms with Gasteiger partial charge in [-0.05, 0) is 135 Å². The van der Waals surface area contributed by atoms with Gasteiger partial charge in [0.2, 0.25) is 0 Å². The minimum Gasteiger partial charge on any atom is -0.462 e. The van der Waals surface area contributed by atoms with Gasteiger partial charge >= 0.3 is 25.7 Å². The van der Waals surface area contributed by atoms with Crippen LogP contribution in [0.3, 0.4) is 0 Å². The maximum atomic E-state index is 12.9. The van der Waals surface area contributed by atoms with E-state index in [1.54, 1.807) is 0 Å². The van der Waals surface area contributed by atoms with Crippen LogP contribution in [0.2, 0.25) is 0 Å². The molecule has 0 bridgehead atoms. The van der Waals surface area contributed by atoms with Gasteiger partial charge in [-0.25, -0.2) is 4.57 Å². The molecule has 0 heterocycles. The fourth-order valence-corrected chi connectivity index (χ4v) is 7.97. The third-order valence-corrected chi connectivity index (χ3v) is 12.6. The van der Waals surface area contributed by atoms with E-state index in [2.05, 4.69) is 179 Å². The summed E-state index contributed by atoms with van der Waals surface area (Å²) in [6.45, 7) is 4.13. The van der Waals surface area contributed by atoms with Crippen LogP contribution in [0.4, 0.5) is 0 Å². The quantitative estimate of drug-likeness (QED) is 0.0197. The highest BCUT2D eigenvalue weighted by atomic mass is 31.2. The van der Waals surface area contributed by atoms with Gasteiger partial charge in [-0.1, -0.05) is 217 Å². The van der Waals surface area contributed by atoms with Crippen LogP contribution in [0.25, 0.3) is 0 Å². The Balaban J connectivity index is 4.93. The zero-order chi connectivity index (χ0) is 58.3. The van der Waals surface area contributed by atoms with Crippen LogP contribution in [-0.2, 0) is 42.2 Å². The second-order valence-corrected chi connectivity index (χ2v) is 20.5. The fraction of sp³-hybridized carbons (Fsp3) is 0.544. The van der Waals surface area contributed by atoms with Gasteiger partial charge in [0.05, 0.1) is 19.8 Å². The van der Waals surface area contributed by atoms with Gasteiger partial charge in [-0.3, -0.25) is 23.4 Å². The number of phosphoric ester groups is 1. The van der Waals surface area contributed by atoms with E-state index in [4.69, 9.17) is 23.3 Å². The lowest BCUT2D eigenvalue weighted by Crippen LogP contribution is -2.30. The number of phosphoric acid groups is 1. The number of ether oxygens (including phenoxy) is 3. The molecule has 448 valence electrons. The maximum absolute atomic E-state index is 12.9. The van der Waals surface area contributed by atoms with Gasteiger partial charge in [0.1, 0.15) is 12.7 Å². The van der Waals surface area contributed by atoms with E-state index in [1.807, 2.05) is 12.2 Å². The Morgan fingerprint density at radius 1 is 0.350 bits per heavy atom. The van der Waals surface area contributed by atoms with Crippen molar-refractivity contribution in [2.45, 2.75) is 213 Å². The molecule has 0 saturated carbocycles. The number of rotatable bonds is 53. The number of carbonyl (C=O) groups is 3. The summed E-state index contributed by atoms with van der Waals surface area (Å²) in [4.78, 5) is 48.6. The molecule has 0 rings (SSSR count). The van der Waals surface area contributed by atoms with E-state index in [9.17, 15) is 28.9 Å². The molecule has 0 fully saturated rings. The molecule has 11 nitrogen and oxygen atoms in total. The van der Waals surface area contributed by atoms with E-state index < -0.39 is 57.8 Å². The van der Waals surface area contributed by atoms with Crippen LogP contribution >= 0.6 is 7.82 Å². The Hall–Kier alpha value is -5.16. The highest BCUT2D eigenvalue weighted by Gasteiger charge is 2.28. The first kappa shape index (κ1) is 74.8. The molecule has 0 aliphatic carbocycles. The van der Waals surface area contributed by atoms with Gasteiger partial charge in [-0.15, -0.1) is 0 Å². The molecule has 80 heavy (non-hydrogen) atoms. The van der Waals surface area contributed by atoms with Gasteiger partial charge in [0.25, 0.3) is 0 Å². The first-order chi connectivity index (χ1) is 39.2. The lowest BCUT2D eigenvalue weighted by Gasteiger charge is -2.21. The van der Waals surface area contributed by atoms with Crippen LogP contribution < -0.4 is 0 Å². The lowest BCUT2D eigenvalue weighted by atomic mass is 10.1. The molecule has 0 saturated heterocycles. The van der Waals surface area contributed by atoms with Crippen molar-refractivity contribution in [2.24, 2.45) is 0 Å². The number of hydrogen-bond donors (Lipinski definition) is 2. The summed E-state index contributed by atoms with van der Waals surface area (Å²) in [5.74, 6) is -1.65. The Labute approximate surface area is 485 Å². The monoisotopic (exact) mass is 1130 g/mol. The first-order valence-corrected chi connectivity index (χ1v) is 31.5. The van der Waals surface area contributed by atoms with Crippen molar-refractivity contribution < 1.29 is 52.2 Å². The zero-order valence-corrected chi connectivity index (χ0v) is 50.4. The first-order valence-electron chi connectivity index (χ1n) is 30.0. The fourth-order valence-electron chi connectivity index (χ4n) is 7.19. The van der Waals surface area contributed by atoms with E-state index in [0.29, 0.717) is 25.7 Å². The van der Waals surface area contributed by atoms with Crippen molar-refractivity contribution in [1.82, 2.24) is 0 Å². The standard InChI is InChI=1S/C68H105O11P/c1-4-7-10-13-16-19-22-25-28-30-32-34-37-39-42-45-48-51-54-57-66(70)75-61-65(79-68(72)59-56-53-50-47-44-41-38-35-33-31-29-26-23-20-17-14-11-8-5-2)63-77-80(73,74)76-62-64(60-69)78-67(71)58-55-52-49-46-43-40-36-27-24-21-18-15-12-9-6-3/h7-12,16-21,25-29,32-36,41,43-44,46,50,53,64-65,69H,4-6,13-15,22-24,30-31,37-40,42,45,47-49,51-52,54-63H2,1-3H3,(H,73,74)/b10-7-,11-8-,12-9-,19-16-,20-17-,21-18-,28-25-,29-26-,34-32-,35-33-,36-27-,44-41-,46-43-,53-50-. The normalized spacial score (nSPS) is 14.5. The number of aliphatic hydroxyl groups is 1. The molecule has 0 aromatic heterocycles.